The smallest absolute Gasteiger partial charge is 0.308 e. The van der Waals surface area contributed by atoms with Crippen LogP contribution in [0.3, 0.4) is 0 Å². The summed E-state index contributed by atoms with van der Waals surface area (Å²) in [4.78, 5) is 0. The van der Waals surface area contributed by atoms with Gasteiger partial charge in [-0.25, -0.2) is 0 Å². The van der Waals surface area contributed by atoms with Gasteiger partial charge in [0, 0.05) is 27.1 Å². The van der Waals surface area contributed by atoms with Gasteiger partial charge < -0.3 is 9.13 Å². The van der Waals surface area contributed by atoms with Crippen molar-refractivity contribution in [3.63, 3.8) is 0 Å². The van der Waals surface area contributed by atoms with Crippen LogP contribution < -0.4 is 0 Å². The Kier molecular flexibility index (Phi) is 9.56. The molecule has 1 unspecified atom stereocenters. The molecule has 308 valence electrons. The summed E-state index contributed by atoms with van der Waals surface area (Å²) < 4.78 is 46.2. The summed E-state index contributed by atoms with van der Waals surface area (Å²) in [6, 6.07) is 51.5. The number of allylic oxidation sites excluding steroid dienone is 4. The van der Waals surface area contributed by atoms with Gasteiger partial charge in [0.05, 0.1) is 92.0 Å². The van der Waals surface area contributed by atoms with E-state index in [-0.39, 0.29) is 16.7 Å². The molecule has 0 radical (unpaired) electrons. The van der Waals surface area contributed by atoms with Crippen molar-refractivity contribution >= 4 is 49.2 Å². The van der Waals surface area contributed by atoms with Gasteiger partial charge in [-0.05, 0) is 119 Å². The summed E-state index contributed by atoms with van der Waals surface area (Å²) in [6.07, 6.45) is -0.927. The van der Waals surface area contributed by atoms with Gasteiger partial charge in [-0.2, -0.15) is 44.7 Å². The van der Waals surface area contributed by atoms with Crippen LogP contribution in [0.15, 0.2) is 151 Å². The highest BCUT2D eigenvalue weighted by Crippen LogP contribution is 2.43. The molecule has 8 nitrogen and oxygen atoms in total. The predicted octanol–water partition coefficient (Wildman–Crippen LogP) is 13.1. The third-order valence-electron chi connectivity index (χ3n) is 12.2. The molecule has 0 aliphatic heterocycles. The number of hydrogen-bond acceptors (Lipinski definition) is 6. The van der Waals surface area contributed by atoms with Crippen molar-refractivity contribution in [2.24, 2.45) is 5.92 Å². The molecule has 1 aliphatic rings. The van der Waals surface area contributed by atoms with Gasteiger partial charge in [-0.15, -0.1) is 0 Å². The quantitative estimate of drug-likeness (QED) is 0.168. The van der Waals surface area contributed by atoms with E-state index in [2.05, 4.69) is 30.3 Å². The topological polar surface area (TPSA) is 153 Å². The van der Waals surface area contributed by atoms with Gasteiger partial charge in [0.2, 0.25) is 0 Å². The second-order valence-electron chi connectivity index (χ2n) is 15.9. The van der Waals surface area contributed by atoms with Crippen molar-refractivity contribution in [1.82, 2.24) is 9.13 Å². The Morgan fingerprint density at radius 1 is 0.500 bits per heavy atom. The predicted molar refractivity (Wildman–Crippen MR) is 245 cm³/mol. The lowest BCUT2D eigenvalue weighted by molar-refractivity contribution is -0.137. The maximum Gasteiger partial charge on any atom is 0.416 e. The second kappa shape index (κ2) is 15.6. The molecule has 11 heteroatoms. The molecule has 0 amide bonds. The fourth-order valence-electron chi connectivity index (χ4n) is 9.22. The lowest BCUT2D eigenvalue weighted by atomic mass is 9.87. The minimum absolute atomic E-state index is 0.208. The molecular formula is C55H27F3N8. The molecule has 10 rings (SSSR count). The number of para-hydroxylation sites is 2. The van der Waals surface area contributed by atoms with Crippen molar-refractivity contribution in [3.05, 3.63) is 185 Å². The highest BCUT2D eigenvalue weighted by atomic mass is 19.4. The SMILES string of the molecule is N#CC1=CC(C#N)CC(c2ccc3c4ccccc4n(-c4cc(-c5ccc(C(F)(F)F)cc5C#N)cc(-n5c6ccccc6c6ccc(-c7cc(C#N)cc(C#N)c7)cc65)c4C#N)c3c2)=C1. The molecule has 1 aliphatic carbocycles. The highest BCUT2D eigenvalue weighted by molar-refractivity contribution is 6.12. The Morgan fingerprint density at radius 2 is 1.08 bits per heavy atom. The van der Waals surface area contributed by atoms with Crippen molar-refractivity contribution in [2.75, 3.05) is 0 Å². The molecule has 7 aromatic carbocycles. The van der Waals surface area contributed by atoms with Crippen molar-refractivity contribution in [3.8, 4) is 70.0 Å². The van der Waals surface area contributed by atoms with Crippen molar-refractivity contribution in [2.45, 2.75) is 12.6 Å². The molecular weight excluding hydrogens is 830 g/mol. The first-order chi connectivity index (χ1) is 32.0. The van der Waals surface area contributed by atoms with Crippen LogP contribution in [0.25, 0.3) is 82.8 Å². The minimum atomic E-state index is -4.71. The summed E-state index contributed by atoms with van der Waals surface area (Å²) in [5.41, 5.74) is 6.93. The second-order valence-corrected chi connectivity index (χ2v) is 15.9. The van der Waals surface area contributed by atoms with E-state index in [0.29, 0.717) is 67.7 Å². The first kappa shape index (κ1) is 40.4. The average molecular weight is 857 g/mol. The monoisotopic (exact) mass is 856 g/mol. The number of aromatic nitrogens is 2. The summed E-state index contributed by atoms with van der Waals surface area (Å²) >= 11 is 0. The number of rotatable bonds is 5. The van der Waals surface area contributed by atoms with Gasteiger partial charge in [0.15, 0.2) is 0 Å². The van der Waals surface area contributed by atoms with E-state index in [9.17, 15) is 44.7 Å². The zero-order valence-electron chi connectivity index (χ0n) is 34.4. The Labute approximate surface area is 374 Å². The molecule has 9 aromatic rings. The van der Waals surface area contributed by atoms with E-state index < -0.39 is 17.7 Å². The molecule has 0 saturated carbocycles. The first-order valence-electron chi connectivity index (χ1n) is 20.5. The number of benzene rings is 7. The van der Waals surface area contributed by atoms with E-state index in [1.54, 1.807) is 36.4 Å². The number of nitriles is 6. The van der Waals surface area contributed by atoms with E-state index in [1.165, 1.54) is 12.1 Å². The van der Waals surface area contributed by atoms with E-state index >= 15 is 0 Å². The summed E-state index contributed by atoms with van der Waals surface area (Å²) in [7, 11) is 0. The zero-order chi connectivity index (χ0) is 45.9. The van der Waals surface area contributed by atoms with E-state index in [0.717, 1.165) is 50.3 Å². The third kappa shape index (κ3) is 6.58. The Bertz CT molecular complexity index is 3900. The molecule has 0 bridgehead atoms. The zero-order valence-corrected chi connectivity index (χ0v) is 34.4. The van der Waals surface area contributed by atoms with Crippen LogP contribution in [-0.2, 0) is 6.18 Å². The lowest BCUT2D eigenvalue weighted by Crippen LogP contribution is -2.07. The summed E-state index contributed by atoms with van der Waals surface area (Å²) in [5, 5.41) is 64.6. The molecule has 0 N–H and O–H groups in total. The fraction of sp³-hybridized carbons (Fsp3) is 0.0545. The number of nitrogens with zero attached hydrogens (tertiary/aromatic N) is 8. The molecule has 66 heavy (non-hydrogen) atoms. The molecule has 0 spiro atoms. The summed E-state index contributed by atoms with van der Waals surface area (Å²) in [6.45, 7) is 0. The fourth-order valence-corrected chi connectivity index (χ4v) is 9.22. The van der Waals surface area contributed by atoms with E-state index in [1.807, 2.05) is 100 Å². The van der Waals surface area contributed by atoms with Gasteiger partial charge >= 0.3 is 6.18 Å². The normalized spacial score (nSPS) is 13.6. The van der Waals surface area contributed by atoms with E-state index in [4.69, 9.17) is 0 Å². The molecule has 1 atom stereocenters. The van der Waals surface area contributed by atoms with Crippen LogP contribution in [0.5, 0.6) is 0 Å². The number of hydrogen-bond donors (Lipinski definition) is 0. The third-order valence-corrected chi connectivity index (χ3v) is 12.2. The van der Waals surface area contributed by atoms with Gasteiger partial charge in [-0.3, -0.25) is 0 Å². The Hall–Kier alpha value is -9.65. The van der Waals surface area contributed by atoms with Gasteiger partial charge in [-0.1, -0.05) is 66.7 Å². The lowest BCUT2D eigenvalue weighted by Gasteiger charge is -2.20. The molecule has 2 aromatic heterocycles. The van der Waals surface area contributed by atoms with Crippen molar-refractivity contribution in [1.29, 1.82) is 31.6 Å². The van der Waals surface area contributed by atoms with Crippen LogP contribution in [0.2, 0.25) is 0 Å². The number of halogens is 3. The molecule has 2 heterocycles. The number of alkyl halides is 3. The Balaban J connectivity index is 1.33. The maximum atomic E-state index is 14.1. The van der Waals surface area contributed by atoms with Crippen LogP contribution >= 0.6 is 0 Å². The van der Waals surface area contributed by atoms with Crippen LogP contribution in [0.1, 0.15) is 39.8 Å². The van der Waals surface area contributed by atoms with Gasteiger partial charge in [0.1, 0.15) is 11.6 Å². The summed E-state index contributed by atoms with van der Waals surface area (Å²) in [5.74, 6) is -0.515. The van der Waals surface area contributed by atoms with Crippen LogP contribution in [0, 0.1) is 73.9 Å². The first-order valence-corrected chi connectivity index (χ1v) is 20.5. The van der Waals surface area contributed by atoms with Crippen molar-refractivity contribution < 1.29 is 13.2 Å². The number of fused-ring (bicyclic) bond motifs is 6. The standard InChI is InChI=1S/C55H27F3N8/c56-55(57,58)42-11-14-43(41(21-42)30-63)40-24-53(65-49-7-3-1-5-44(49)46-12-9-36(22-51(46)65)38-17-32(26-59)15-33(18-38)27-60)48(31-64)54(25-40)66-50-8-4-2-6-45(50)47-13-10-37(23-52(47)66)39-19-34(28-61)16-35(20-39)29-62/h1-19,21-25,35H,20H2. The average Bonchev–Trinajstić information content (AvgIpc) is 3.86. The van der Waals surface area contributed by atoms with Gasteiger partial charge in [0.25, 0.3) is 0 Å². The molecule has 0 fully saturated rings. The minimum Gasteiger partial charge on any atom is -0.308 e. The largest absolute Gasteiger partial charge is 0.416 e. The van der Waals surface area contributed by atoms with Crippen LogP contribution in [-0.4, -0.2) is 9.13 Å². The molecule has 0 saturated heterocycles. The maximum absolute atomic E-state index is 14.1. The van der Waals surface area contributed by atoms with Crippen LogP contribution in [0.4, 0.5) is 13.2 Å². The highest BCUT2D eigenvalue weighted by Gasteiger charge is 2.32. The Morgan fingerprint density at radius 3 is 1.62 bits per heavy atom.